The fourth-order valence-corrected chi connectivity index (χ4v) is 1.13. The molecule has 6 heteroatoms. The summed E-state index contributed by atoms with van der Waals surface area (Å²) in [6.07, 6.45) is 3.12. The predicted octanol–water partition coefficient (Wildman–Crippen LogP) is 0.391. The van der Waals surface area contributed by atoms with Crippen LogP contribution in [0.25, 0.3) is 0 Å². The highest BCUT2D eigenvalue weighted by atomic mass is 16.5. The van der Waals surface area contributed by atoms with E-state index in [0.29, 0.717) is 12.4 Å². The molecule has 0 bridgehead atoms. The van der Waals surface area contributed by atoms with E-state index < -0.39 is 0 Å². The van der Waals surface area contributed by atoms with E-state index in [4.69, 9.17) is 0 Å². The number of aryl methyl sites for hydroxylation is 1. The van der Waals surface area contributed by atoms with E-state index in [2.05, 4.69) is 30.2 Å². The van der Waals surface area contributed by atoms with E-state index in [0.717, 1.165) is 17.8 Å². The van der Waals surface area contributed by atoms with Crippen molar-refractivity contribution >= 4 is 0 Å². The molecule has 0 saturated heterocycles. The Balaban J connectivity index is 1.81. The zero-order valence-electron chi connectivity index (χ0n) is 7.82. The van der Waals surface area contributed by atoms with Crippen LogP contribution in [0.4, 0.5) is 0 Å². The van der Waals surface area contributed by atoms with Crippen molar-refractivity contribution in [3.63, 3.8) is 0 Å². The third-order valence-electron chi connectivity index (χ3n) is 1.94. The predicted molar refractivity (Wildman–Crippen MR) is 48.2 cm³/mol. The van der Waals surface area contributed by atoms with Gasteiger partial charge in [0.2, 0.25) is 6.39 Å². The van der Waals surface area contributed by atoms with Crippen LogP contribution in [0.5, 0.6) is 0 Å². The molecule has 0 saturated carbocycles. The number of hydrogen-bond acceptors (Lipinski definition) is 5. The first-order chi connectivity index (χ1) is 6.86. The molecule has 14 heavy (non-hydrogen) atoms. The van der Waals surface area contributed by atoms with Gasteiger partial charge in [-0.25, -0.2) is 0 Å². The van der Waals surface area contributed by atoms with Crippen LogP contribution >= 0.6 is 0 Å². The van der Waals surface area contributed by atoms with Crippen molar-refractivity contribution in [1.82, 2.24) is 25.7 Å². The summed E-state index contributed by atoms with van der Waals surface area (Å²) in [5, 5.41) is 13.7. The maximum Gasteiger partial charge on any atom is 0.213 e. The van der Waals surface area contributed by atoms with Crippen molar-refractivity contribution in [3.05, 3.63) is 29.7 Å². The molecular weight excluding hydrogens is 182 g/mol. The largest absolute Gasteiger partial charge is 0.343 e. The zero-order chi connectivity index (χ0) is 9.80. The summed E-state index contributed by atoms with van der Waals surface area (Å²) in [7, 11) is 0. The Morgan fingerprint density at radius 3 is 3.07 bits per heavy atom. The number of hydrogen-bond donors (Lipinski definition) is 2. The zero-order valence-corrected chi connectivity index (χ0v) is 7.82. The third-order valence-corrected chi connectivity index (χ3v) is 1.94. The standard InChI is InChI=1S/C8H11N5O/c1-6-7(3-11-12-6)2-9-4-8-10-5-14-13-8/h3,5,9H,2,4H2,1H3,(H,11,12). The average Bonchev–Trinajstić information content (AvgIpc) is 2.78. The van der Waals surface area contributed by atoms with E-state index in [1.807, 2.05) is 6.92 Å². The van der Waals surface area contributed by atoms with Gasteiger partial charge in [-0.1, -0.05) is 5.16 Å². The number of aromatic nitrogens is 4. The van der Waals surface area contributed by atoms with Gasteiger partial charge in [0.25, 0.3) is 0 Å². The van der Waals surface area contributed by atoms with Crippen molar-refractivity contribution in [2.45, 2.75) is 20.0 Å². The monoisotopic (exact) mass is 193 g/mol. The minimum atomic E-state index is 0.598. The van der Waals surface area contributed by atoms with Crippen LogP contribution in [-0.2, 0) is 13.1 Å². The van der Waals surface area contributed by atoms with Crippen LogP contribution in [-0.4, -0.2) is 20.3 Å². The van der Waals surface area contributed by atoms with Gasteiger partial charge in [-0.2, -0.15) is 10.1 Å². The molecule has 0 fully saturated rings. The van der Waals surface area contributed by atoms with Gasteiger partial charge in [-0.3, -0.25) is 5.10 Å². The second-order valence-electron chi connectivity index (χ2n) is 2.97. The van der Waals surface area contributed by atoms with E-state index in [9.17, 15) is 0 Å². The Hall–Kier alpha value is -1.69. The maximum atomic E-state index is 4.61. The molecule has 2 aromatic rings. The lowest BCUT2D eigenvalue weighted by Crippen LogP contribution is -2.13. The summed E-state index contributed by atoms with van der Waals surface area (Å²) in [5.41, 5.74) is 2.22. The van der Waals surface area contributed by atoms with Crippen LogP contribution in [0.15, 0.2) is 17.1 Å². The average molecular weight is 193 g/mol. The lowest BCUT2D eigenvalue weighted by atomic mass is 10.2. The molecule has 0 spiro atoms. The maximum absolute atomic E-state index is 4.61. The Labute approximate surface area is 80.7 Å². The van der Waals surface area contributed by atoms with Gasteiger partial charge < -0.3 is 9.84 Å². The van der Waals surface area contributed by atoms with Crippen molar-refractivity contribution in [2.24, 2.45) is 0 Å². The number of aromatic amines is 1. The van der Waals surface area contributed by atoms with Crippen LogP contribution < -0.4 is 5.32 Å². The molecule has 0 aliphatic rings. The normalized spacial score (nSPS) is 10.6. The van der Waals surface area contributed by atoms with Crippen molar-refractivity contribution < 1.29 is 4.52 Å². The van der Waals surface area contributed by atoms with Crippen molar-refractivity contribution in [1.29, 1.82) is 0 Å². The molecule has 0 amide bonds. The van der Waals surface area contributed by atoms with E-state index in [1.54, 1.807) is 6.20 Å². The fraction of sp³-hybridized carbons (Fsp3) is 0.375. The van der Waals surface area contributed by atoms with Crippen molar-refractivity contribution in [2.75, 3.05) is 0 Å². The molecule has 0 aromatic carbocycles. The number of H-pyrrole nitrogens is 1. The molecule has 0 aliphatic heterocycles. The summed E-state index contributed by atoms with van der Waals surface area (Å²) in [5.74, 6) is 0.658. The Morgan fingerprint density at radius 1 is 1.50 bits per heavy atom. The molecule has 6 nitrogen and oxygen atoms in total. The first-order valence-electron chi connectivity index (χ1n) is 4.31. The molecule has 0 aliphatic carbocycles. The topological polar surface area (TPSA) is 79.6 Å². The number of nitrogens with one attached hydrogen (secondary N) is 2. The first kappa shape index (κ1) is 8.89. The molecule has 0 radical (unpaired) electrons. The van der Waals surface area contributed by atoms with Gasteiger partial charge >= 0.3 is 0 Å². The molecule has 2 N–H and O–H groups in total. The third kappa shape index (κ3) is 1.97. The fourth-order valence-electron chi connectivity index (χ4n) is 1.13. The quantitative estimate of drug-likeness (QED) is 0.734. The SMILES string of the molecule is Cc1[nH]ncc1CNCc1ncon1. The minimum absolute atomic E-state index is 0.598. The van der Waals surface area contributed by atoms with Crippen LogP contribution in [0, 0.1) is 6.92 Å². The van der Waals surface area contributed by atoms with E-state index in [1.165, 1.54) is 6.39 Å². The van der Waals surface area contributed by atoms with Gasteiger partial charge in [0.1, 0.15) is 0 Å². The first-order valence-corrected chi connectivity index (χ1v) is 4.31. The van der Waals surface area contributed by atoms with Crippen molar-refractivity contribution in [3.8, 4) is 0 Å². The molecule has 74 valence electrons. The second-order valence-corrected chi connectivity index (χ2v) is 2.97. The summed E-state index contributed by atoms with van der Waals surface area (Å²) < 4.78 is 4.61. The van der Waals surface area contributed by atoms with Gasteiger partial charge in [-0.15, -0.1) is 0 Å². The summed E-state index contributed by atoms with van der Waals surface area (Å²) in [6.45, 7) is 3.33. The molecule has 2 aromatic heterocycles. The van der Waals surface area contributed by atoms with E-state index in [-0.39, 0.29) is 0 Å². The highest BCUT2D eigenvalue weighted by Gasteiger charge is 2.01. The summed E-state index contributed by atoms with van der Waals surface area (Å²) in [6, 6.07) is 0. The molecule has 0 atom stereocenters. The second kappa shape index (κ2) is 4.01. The van der Waals surface area contributed by atoms with Crippen LogP contribution in [0.1, 0.15) is 17.1 Å². The Morgan fingerprint density at radius 2 is 2.43 bits per heavy atom. The number of rotatable bonds is 4. The smallest absolute Gasteiger partial charge is 0.213 e. The lowest BCUT2D eigenvalue weighted by molar-refractivity contribution is 0.407. The lowest BCUT2D eigenvalue weighted by Gasteiger charge is -1.99. The van der Waals surface area contributed by atoms with E-state index >= 15 is 0 Å². The van der Waals surface area contributed by atoms with Crippen LogP contribution in [0.2, 0.25) is 0 Å². The van der Waals surface area contributed by atoms with Gasteiger partial charge in [0, 0.05) is 17.8 Å². The Kier molecular flexibility index (Phi) is 2.55. The van der Waals surface area contributed by atoms with Crippen LogP contribution in [0.3, 0.4) is 0 Å². The van der Waals surface area contributed by atoms with Gasteiger partial charge in [0.05, 0.1) is 12.7 Å². The Bertz CT molecular complexity index is 380. The molecular formula is C8H11N5O. The summed E-state index contributed by atoms with van der Waals surface area (Å²) in [4.78, 5) is 3.89. The molecule has 0 unspecified atom stereocenters. The van der Waals surface area contributed by atoms with Gasteiger partial charge in [0.15, 0.2) is 5.82 Å². The molecule has 2 heterocycles. The number of nitrogens with zero attached hydrogens (tertiary/aromatic N) is 3. The highest BCUT2D eigenvalue weighted by molar-refractivity contribution is 5.13. The van der Waals surface area contributed by atoms with Gasteiger partial charge in [-0.05, 0) is 6.92 Å². The minimum Gasteiger partial charge on any atom is -0.343 e. The molecule has 2 rings (SSSR count). The summed E-state index contributed by atoms with van der Waals surface area (Å²) >= 11 is 0. The highest BCUT2D eigenvalue weighted by Crippen LogP contribution is 2.01.